The van der Waals surface area contributed by atoms with Gasteiger partial charge in [-0.2, -0.15) is 0 Å². The molecule has 0 spiro atoms. The molecule has 13 heavy (non-hydrogen) atoms. The van der Waals surface area contributed by atoms with Gasteiger partial charge in [0.1, 0.15) is 0 Å². The van der Waals surface area contributed by atoms with E-state index >= 15 is 0 Å². The van der Waals surface area contributed by atoms with Crippen LogP contribution in [-0.2, 0) is 0 Å². The molecule has 1 aromatic rings. The van der Waals surface area contributed by atoms with Crippen LogP contribution in [-0.4, -0.2) is 0 Å². The SMILES string of the molecule is Cc1ccc(C2C=CC=CS2)cc1. The molecule has 2 rings (SSSR count). The van der Waals surface area contributed by atoms with Crippen molar-refractivity contribution in [3.05, 3.63) is 59.0 Å². The van der Waals surface area contributed by atoms with E-state index in [-0.39, 0.29) is 0 Å². The van der Waals surface area contributed by atoms with Crippen LogP contribution in [0.2, 0.25) is 0 Å². The lowest BCUT2D eigenvalue weighted by molar-refractivity contribution is 1.22. The van der Waals surface area contributed by atoms with E-state index in [9.17, 15) is 0 Å². The Morgan fingerprint density at radius 3 is 2.46 bits per heavy atom. The first-order chi connectivity index (χ1) is 6.36. The predicted octanol–water partition coefficient (Wildman–Crippen LogP) is 3.85. The molecule has 66 valence electrons. The first-order valence-corrected chi connectivity index (χ1v) is 5.36. The van der Waals surface area contributed by atoms with Gasteiger partial charge in [-0.25, -0.2) is 0 Å². The summed E-state index contributed by atoms with van der Waals surface area (Å²) in [4.78, 5) is 0. The minimum Gasteiger partial charge on any atom is -0.122 e. The highest BCUT2D eigenvalue weighted by atomic mass is 32.2. The number of aryl methyl sites for hydroxylation is 1. The van der Waals surface area contributed by atoms with Gasteiger partial charge in [-0.1, -0.05) is 48.1 Å². The Kier molecular flexibility index (Phi) is 2.55. The molecular formula is C12H12S. The van der Waals surface area contributed by atoms with Gasteiger partial charge in [-0.05, 0) is 17.9 Å². The van der Waals surface area contributed by atoms with Gasteiger partial charge in [0.15, 0.2) is 0 Å². The minimum atomic E-state index is 0.505. The predicted molar refractivity (Wildman–Crippen MR) is 59.8 cm³/mol. The molecule has 1 aromatic carbocycles. The van der Waals surface area contributed by atoms with Gasteiger partial charge in [0.25, 0.3) is 0 Å². The van der Waals surface area contributed by atoms with E-state index < -0.39 is 0 Å². The first-order valence-electron chi connectivity index (χ1n) is 4.41. The maximum Gasteiger partial charge on any atom is 0.0521 e. The topological polar surface area (TPSA) is 0 Å². The molecule has 0 aromatic heterocycles. The molecule has 0 radical (unpaired) electrons. The van der Waals surface area contributed by atoms with Gasteiger partial charge in [0.05, 0.1) is 5.25 Å². The van der Waals surface area contributed by atoms with Crippen LogP contribution in [0.3, 0.4) is 0 Å². The van der Waals surface area contributed by atoms with Gasteiger partial charge < -0.3 is 0 Å². The summed E-state index contributed by atoms with van der Waals surface area (Å²) < 4.78 is 0. The summed E-state index contributed by atoms with van der Waals surface area (Å²) >= 11 is 1.85. The van der Waals surface area contributed by atoms with Gasteiger partial charge in [-0.3, -0.25) is 0 Å². The number of benzene rings is 1. The molecule has 0 bridgehead atoms. The molecule has 0 nitrogen and oxygen atoms in total. The molecule has 1 heterocycles. The van der Waals surface area contributed by atoms with Gasteiger partial charge >= 0.3 is 0 Å². The van der Waals surface area contributed by atoms with Crippen LogP contribution in [0.5, 0.6) is 0 Å². The number of rotatable bonds is 1. The fraction of sp³-hybridized carbons (Fsp3) is 0.167. The van der Waals surface area contributed by atoms with E-state index in [1.165, 1.54) is 11.1 Å². The lowest BCUT2D eigenvalue weighted by Crippen LogP contribution is -1.90. The molecule has 0 amide bonds. The van der Waals surface area contributed by atoms with E-state index in [4.69, 9.17) is 0 Å². The van der Waals surface area contributed by atoms with Crippen LogP contribution in [0.25, 0.3) is 0 Å². The zero-order valence-corrected chi connectivity index (χ0v) is 8.42. The molecular weight excluding hydrogens is 176 g/mol. The van der Waals surface area contributed by atoms with E-state index in [1.54, 1.807) is 0 Å². The molecule has 0 N–H and O–H groups in total. The molecule has 1 aliphatic heterocycles. The zero-order chi connectivity index (χ0) is 9.10. The Hall–Kier alpha value is -0.950. The Morgan fingerprint density at radius 1 is 1.08 bits per heavy atom. The normalized spacial score (nSPS) is 20.5. The molecule has 0 saturated heterocycles. The average Bonchev–Trinajstić information content (AvgIpc) is 2.20. The Morgan fingerprint density at radius 2 is 1.85 bits per heavy atom. The van der Waals surface area contributed by atoms with Crippen molar-refractivity contribution >= 4 is 11.8 Å². The summed E-state index contributed by atoms with van der Waals surface area (Å²) in [5.41, 5.74) is 2.71. The summed E-state index contributed by atoms with van der Waals surface area (Å²) in [6.45, 7) is 2.12. The first kappa shape index (κ1) is 8.64. The van der Waals surface area contributed by atoms with Gasteiger partial charge in [0.2, 0.25) is 0 Å². The molecule has 0 fully saturated rings. The molecule has 1 aliphatic rings. The smallest absolute Gasteiger partial charge is 0.0521 e. The highest BCUT2D eigenvalue weighted by Crippen LogP contribution is 2.33. The van der Waals surface area contributed by atoms with Crippen molar-refractivity contribution in [1.29, 1.82) is 0 Å². The third kappa shape index (κ3) is 2.04. The summed E-state index contributed by atoms with van der Waals surface area (Å²) in [5, 5.41) is 2.65. The van der Waals surface area contributed by atoms with Crippen LogP contribution < -0.4 is 0 Å². The van der Waals surface area contributed by atoms with Crippen LogP contribution in [0.4, 0.5) is 0 Å². The monoisotopic (exact) mass is 188 g/mol. The maximum absolute atomic E-state index is 2.23. The van der Waals surface area contributed by atoms with Crippen LogP contribution >= 0.6 is 11.8 Å². The summed E-state index contributed by atoms with van der Waals surface area (Å²) in [5.74, 6) is 0. The fourth-order valence-electron chi connectivity index (χ4n) is 1.33. The van der Waals surface area contributed by atoms with Crippen LogP contribution in [0.1, 0.15) is 16.4 Å². The van der Waals surface area contributed by atoms with Crippen LogP contribution in [0, 0.1) is 6.92 Å². The average molecular weight is 188 g/mol. The van der Waals surface area contributed by atoms with Crippen molar-refractivity contribution in [1.82, 2.24) is 0 Å². The standard InChI is InChI=1S/C12H12S/c1-10-5-7-11(8-6-10)12-4-2-3-9-13-12/h2-9,12H,1H3. The number of thioether (sulfide) groups is 1. The molecule has 0 aliphatic carbocycles. The zero-order valence-electron chi connectivity index (χ0n) is 7.60. The quantitative estimate of drug-likeness (QED) is 0.645. The number of hydrogen-bond donors (Lipinski definition) is 0. The van der Waals surface area contributed by atoms with Gasteiger partial charge in [0, 0.05) is 0 Å². The summed E-state index contributed by atoms with van der Waals surface area (Å²) in [7, 11) is 0. The summed E-state index contributed by atoms with van der Waals surface area (Å²) in [6.07, 6.45) is 6.42. The third-order valence-corrected chi connectivity index (χ3v) is 3.14. The van der Waals surface area contributed by atoms with Crippen molar-refractivity contribution in [3.63, 3.8) is 0 Å². The third-order valence-electron chi connectivity index (χ3n) is 2.11. The minimum absolute atomic E-state index is 0.505. The van der Waals surface area contributed by atoms with E-state index in [1.807, 2.05) is 11.8 Å². The molecule has 0 saturated carbocycles. The van der Waals surface area contributed by atoms with Crippen LogP contribution in [0.15, 0.2) is 47.9 Å². The molecule has 1 atom stereocenters. The van der Waals surface area contributed by atoms with Crippen molar-refractivity contribution in [2.75, 3.05) is 0 Å². The van der Waals surface area contributed by atoms with E-state index in [0.717, 1.165) is 0 Å². The number of hydrogen-bond acceptors (Lipinski definition) is 1. The maximum atomic E-state index is 2.23. The van der Waals surface area contributed by atoms with Crippen molar-refractivity contribution in [2.45, 2.75) is 12.2 Å². The second-order valence-electron chi connectivity index (χ2n) is 3.18. The lowest BCUT2D eigenvalue weighted by Gasteiger charge is -2.12. The van der Waals surface area contributed by atoms with Crippen molar-refractivity contribution in [2.24, 2.45) is 0 Å². The second-order valence-corrected chi connectivity index (χ2v) is 4.23. The molecule has 1 heteroatoms. The van der Waals surface area contributed by atoms with E-state index in [0.29, 0.717) is 5.25 Å². The van der Waals surface area contributed by atoms with Gasteiger partial charge in [-0.15, -0.1) is 11.8 Å². The largest absolute Gasteiger partial charge is 0.122 e. The van der Waals surface area contributed by atoms with E-state index in [2.05, 4.69) is 54.8 Å². The fourth-order valence-corrected chi connectivity index (χ4v) is 2.18. The Balaban J connectivity index is 2.21. The highest BCUT2D eigenvalue weighted by molar-refractivity contribution is 8.02. The Labute approximate surface area is 83.4 Å². The van der Waals surface area contributed by atoms with Crippen molar-refractivity contribution in [3.8, 4) is 0 Å². The Bertz CT molecular complexity index is 333. The lowest BCUT2D eigenvalue weighted by atomic mass is 10.1. The second kappa shape index (κ2) is 3.84. The highest BCUT2D eigenvalue weighted by Gasteiger charge is 2.07. The molecule has 1 unspecified atom stereocenters. The number of allylic oxidation sites excluding steroid dienone is 2. The summed E-state index contributed by atoms with van der Waals surface area (Å²) in [6, 6.07) is 8.75. The van der Waals surface area contributed by atoms with Crippen molar-refractivity contribution < 1.29 is 0 Å².